The smallest absolute Gasteiger partial charge is 0.255 e. The van der Waals surface area contributed by atoms with Gasteiger partial charge in [0, 0.05) is 42.9 Å². The molecule has 3 rings (SSSR count). The Morgan fingerprint density at radius 2 is 1.80 bits per heavy atom. The summed E-state index contributed by atoms with van der Waals surface area (Å²) in [6, 6.07) is 11.2. The number of carbonyl (C=O) groups excluding carboxylic acids is 1. The number of pyridine rings is 1. The second-order valence-electron chi connectivity index (χ2n) is 6.08. The summed E-state index contributed by atoms with van der Waals surface area (Å²) in [5.41, 5.74) is 4.43. The van der Waals surface area contributed by atoms with Crippen molar-refractivity contribution in [3.05, 3.63) is 65.9 Å². The molecule has 0 aliphatic carbocycles. The lowest BCUT2D eigenvalue weighted by molar-refractivity contribution is 0.102. The minimum Gasteiger partial charge on any atom is -0.363 e. The molecule has 0 aliphatic rings. The van der Waals surface area contributed by atoms with Crippen LogP contribution in [0.4, 0.5) is 11.5 Å². The molecule has 0 bridgehead atoms. The molecule has 6 nitrogen and oxygen atoms in total. The lowest BCUT2D eigenvalue weighted by Crippen LogP contribution is -2.15. The molecule has 0 radical (unpaired) electrons. The molecular formula is C19H21N5O. The molecule has 128 valence electrons. The Kier molecular flexibility index (Phi) is 4.52. The Morgan fingerprint density at radius 3 is 2.40 bits per heavy atom. The summed E-state index contributed by atoms with van der Waals surface area (Å²) in [4.78, 5) is 22.8. The van der Waals surface area contributed by atoms with E-state index in [1.807, 2.05) is 61.7 Å². The zero-order chi connectivity index (χ0) is 18.0. The fourth-order valence-corrected chi connectivity index (χ4v) is 2.47. The molecule has 0 saturated carbocycles. The largest absolute Gasteiger partial charge is 0.363 e. The zero-order valence-corrected chi connectivity index (χ0v) is 14.8. The van der Waals surface area contributed by atoms with Crippen LogP contribution in [0, 0.1) is 13.8 Å². The van der Waals surface area contributed by atoms with Crippen LogP contribution in [-0.2, 0) is 0 Å². The van der Waals surface area contributed by atoms with Gasteiger partial charge in [0.25, 0.3) is 5.91 Å². The molecule has 0 spiro atoms. The first-order chi connectivity index (χ1) is 12.0. The van der Waals surface area contributed by atoms with E-state index in [1.54, 1.807) is 24.7 Å². The van der Waals surface area contributed by atoms with Gasteiger partial charge >= 0.3 is 0 Å². The number of nitrogens with one attached hydrogen (secondary N) is 1. The van der Waals surface area contributed by atoms with Crippen molar-refractivity contribution in [1.82, 2.24) is 14.5 Å². The number of hydrogen-bond donors (Lipinski definition) is 1. The second-order valence-corrected chi connectivity index (χ2v) is 6.08. The van der Waals surface area contributed by atoms with E-state index in [0.717, 1.165) is 28.6 Å². The van der Waals surface area contributed by atoms with Crippen molar-refractivity contribution in [2.24, 2.45) is 0 Å². The number of carbonyl (C=O) groups is 1. The zero-order valence-electron chi connectivity index (χ0n) is 14.8. The molecule has 3 aromatic rings. The third-order valence-corrected chi connectivity index (χ3v) is 4.12. The van der Waals surface area contributed by atoms with Crippen molar-refractivity contribution in [1.29, 1.82) is 0 Å². The molecule has 2 heterocycles. The highest BCUT2D eigenvalue weighted by atomic mass is 16.1. The topological polar surface area (TPSA) is 63.1 Å². The average molecular weight is 335 g/mol. The number of rotatable bonds is 4. The van der Waals surface area contributed by atoms with Crippen molar-refractivity contribution in [3.63, 3.8) is 0 Å². The van der Waals surface area contributed by atoms with Gasteiger partial charge in [-0.25, -0.2) is 9.97 Å². The van der Waals surface area contributed by atoms with Crippen LogP contribution < -0.4 is 10.2 Å². The van der Waals surface area contributed by atoms with Crippen LogP contribution in [0.5, 0.6) is 0 Å². The quantitative estimate of drug-likeness (QED) is 0.795. The highest BCUT2D eigenvalue weighted by Gasteiger charge is 2.09. The summed E-state index contributed by atoms with van der Waals surface area (Å²) in [5.74, 6) is 0.585. The van der Waals surface area contributed by atoms with Crippen LogP contribution in [-0.4, -0.2) is 34.5 Å². The van der Waals surface area contributed by atoms with E-state index < -0.39 is 0 Å². The van der Waals surface area contributed by atoms with E-state index >= 15 is 0 Å². The molecule has 6 heteroatoms. The molecule has 25 heavy (non-hydrogen) atoms. The molecule has 1 amide bonds. The summed E-state index contributed by atoms with van der Waals surface area (Å²) in [6.45, 7) is 4.01. The number of aryl methyl sites for hydroxylation is 1. The minimum absolute atomic E-state index is 0.159. The van der Waals surface area contributed by atoms with Crippen LogP contribution in [0.3, 0.4) is 0 Å². The number of amides is 1. The van der Waals surface area contributed by atoms with Gasteiger partial charge in [0.2, 0.25) is 0 Å². The molecule has 2 aromatic heterocycles. The summed E-state index contributed by atoms with van der Waals surface area (Å²) in [5, 5.41) is 2.91. The van der Waals surface area contributed by atoms with Crippen molar-refractivity contribution < 1.29 is 4.79 Å². The van der Waals surface area contributed by atoms with Crippen molar-refractivity contribution in [2.45, 2.75) is 13.8 Å². The van der Waals surface area contributed by atoms with Crippen molar-refractivity contribution in [3.8, 4) is 5.69 Å². The fourth-order valence-electron chi connectivity index (χ4n) is 2.47. The predicted molar refractivity (Wildman–Crippen MR) is 99.6 cm³/mol. The summed E-state index contributed by atoms with van der Waals surface area (Å²) in [7, 11) is 3.78. The van der Waals surface area contributed by atoms with Gasteiger partial charge < -0.3 is 14.8 Å². The van der Waals surface area contributed by atoms with Gasteiger partial charge in [-0.3, -0.25) is 4.79 Å². The van der Waals surface area contributed by atoms with Gasteiger partial charge in [-0.2, -0.15) is 0 Å². The lowest BCUT2D eigenvalue weighted by atomic mass is 10.2. The molecule has 0 atom stereocenters. The molecule has 0 fully saturated rings. The normalized spacial score (nSPS) is 10.6. The highest BCUT2D eigenvalue weighted by Crippen LogP contribution is 2.18. The van der Waals surface area contributed by atoms with E-state index in [4.69, 9.17) is 0 Å². The van der Waals surface area contributed by atoms with Gasteiger partial charge in [0.05, 0.1) is 12.0 Å². The molecule has 0 aliphatic heterocycles. The Balaban J connectivity index is 1.76. The van der Waals surface area contributed by atoms with Crippen LogP contribution in [0.2, 0.25) is 0 Å². The number of imidazole rings is 1. The Bertz CT molecular complexity index is 896. The van der Waals surface area contributed by atoms with Gasteiger partial charge in [-0.15, -0.1) is 0 Å². The van der Waals surface area contributed by atoms with E-state index in [9.17, 15) is 4.79 Å². The van der Waals surface area contributed by atoms with Crippen molar-refractivity contribution >= 4 is 17.4 Å². The summed E-state index contributed by atoms with van der Waals surface area (Å²) >= 11 is 0. The van der Waals surface area contributed by atoms with E-state index in [-0.39, 0.29) is 5.91 Å². The third-order valence-electron chi connectivity index (χ3n) is 4.12. The van der Waals surface area contributed by atoms with Crippen molar-refractivity contribution in [2.75, 3.05) is 24.3 Å². The van der Waals surface area contributed by atoms with Gasteiger partial charge in [-0.1, -0.05) is 0 Å². The first kappa shape index (κ1) is 16.7. The second kappa shape index (κ2) is 6.76. The highest BCUT2D eigenvalue weighted by molar-refractivity contribution is 6.04. The lowest BCUT2D eigenvalue weighted by Gasteiger charge is -2.12. The number of aromatic nitrogens is 3. The standard InChI is InChI=1S/C19H21N5O/c1-13-14(2)24(12-21-13)17-7-5-16(6-8-17)22-19(25)15-9-10-20-18(11-15)23(3)4/h5-12H,1-4H3,(H,22,25). The molecule has 0 unspecified atom stereocenters. The number of benzene rings is 1. The molecular weight excluding hydrogens is 314 g/mol. The Hall–Kier alpha value is -3.15. The van der Waals surface area contributed by atoms with Gasteiger partial charge in [0.15, 0.2) is 0 Å². The molecule has 0 saturated heterocycles. The number of anilines is 2. The fraction of sp³-hybridized carbons (Fsp3) is 0.211. The van der Waals surface area contributed by atoms with Crippen LogP contribution in [0.15, 0.2) is 48.9 Å². The van der Waals surface area contributed by atoms with Gasteiger partial charge in [0.1, 0.15) is 5.82 Å². The van der Waals surface area contributed by atoms with Crippen LogP contribution in [0.25, 0.3) is 5.69 Å². The van der Waals surface area contributed by atoms with E-state index in [0.29, 0.717) is 5.56 Å². The van der Waals surface area contributed by atoms with Crippen LogP contribution >= 0.6 is 0 Å². The maximum Gasteiger partial charge on any atom is 0.255 e. The summed E-state index contributed by atoms with van der Waals surface area (Å²) in [6.07, 6.45) is 3.44. The predicted octanol–water partition coefficient (Wildman–Crippen LogP) is 3.20. The minimum atomic E-state index is -0.159. The summed E-state index contributed by atoms with van der Waals surface area (Å²) < 4.78 is 2.02. The maximum atomic E-state index is 12.4. The van der Waals surface area contributed by atoms with E-state index in [2.05, 4.69) is 15.3 Å². The monoisotopic (exact) mass is 335 g/mol. The maximum absolute atomic E-state index is 12.4. The first-order valence-electron chi connectivity index (χ1n) is 8.01. The van der Waals surface area contributed by atoms with Gasteiger partial charge in [-0.05, 0) is 50.2 Å². The Morgan fingerprint density at radius 1 is 1.08 bits per heavy atom. The molecule has 1 N–H and O–H groups in total. The average Bonchev–Trinajstić information content (AvgIpc) is 2.95. The van der Waals surface area contributed by atoms with E-state index in [1.165, 1.54) is 0 Å². The Labute approximate surface area is 147 Å². The van der Waals surface area contributed by atoms with Crippen LogP contribution in [0.1, 0.15) is 21.7 Å². The first-order valence-corrected chi connectivity index (χ1v) is 8.01. The number of nitrogens with zero attached hydrogens (tertiary/aromatic N) is 4. The SMILES string of the molecule is Cc1ncn(-c2ccc(NC(=O)c3ccnc(N(C)C)c3)cc2)c1C. The number of hydrogen-bond acceptors (Lipinski definition) is 4. The molecule has 1 aromatic carbocycles. The third kappa shape index (κ3) is 3.52.